The highest BCUT2D eigenvalue weighted by molar-refractivity contribution is 5.94. The third kappa shape index (κ3) is 3.04. The molecular formula is C20H17N5O. The van der Waals surface area contributed by atoms with E-state index in [2.05, 4.69) is 20.5 Å². The number of nitrogens with one attached hydrogen (secondary N) is 1. The van der Waals surface area contributed by atoms with Crippen LogP contribution in [0.5, 0.6) is 0 Å². The van der Waals surface area contributed by atoms with Gasteiger partial charge in [0.2, 0.25) is 0 Å². The predicted octanol–water partition coefficient (Wildman–Crippen LogP) is 3.03. The van der Waals surface area contributed by atoms with Crippen molar-refractivity contribution in [3.63, 3.8) is 0 Å². The lowest BCUT2D eigenvalue weighted by atomic mass is 10.1. The van der Waals surface area contributed by atoms with E-state index in [1.54, 1.807) is 18.3 Å². The van der Waals surface area contributed by atoms with Crippen LogP contribution < -0.4 is 5.32 Å². The lowest BCUT2D eigenvalue weighted by molar-refractivity contribution is 0.0951. The summed E-state index contributed by atoms with van der Waals surface area (Å²) in [7, 11) is 0. The maximum Gasteiger partial charge on any atom is 0.255 e. The third-order valence-electron chi connectivity index (χ3n) is 4.29. The summed E-state index contributed by atoms with van der Waals surface area (Å²) in [5.74, 6) is 1.13. The molecule has 1 amide bonds. The molecule has 6 nitrogen and oxygen atoms in total. The van der Waals surface area contributed by atoms with Gasteiger partial charge in [0.05, 0.1) is 0 Å². The van der Waals surface area contributed by atoms with Crippen LogP contribution in [0.2, 0.25) is 0 Å². The van der Waals surface area contributed by atoms with Gasteiger partial charge in [-0.1, -0.05) is 36.4 Å². The van der Waals surface area contributed by atoms with Crippen molar-refractivity contribution >= 4 is 11.7 Å². The Balaban J connectivity index is 1.50. The van der Waals surface area contributed by atoms with Gasteiger partial charge in [-0.3, -0.25) is 9.20 Å². The van der Waals surface area contributed by atoms with E-state index in [1.807, 2.05) is 60.0 Å². The maximum absolute atomic E-state index is 12.4. The minimum absolute atomic E-state index is 0.104. The Bertz CT molecular complexity index is 1070. The molecule has 4 rings (SSSR count). The fraction of sp³-hybridized carbons (Fsp3) is 0.100. The molecule has 128 valence electrons. The van der Waals surface area contributed by atoms with Crippen LogP contribution in [-0.2, 0) is 6.54 Å². The first-order valence-corrected chi connectivity index (χ1v) is 8.31. The van der Waals surface area contributed by atoms with Gasteiger partial charge in [0.25, 0.3) is 11.7 Å². The average Bonchev–Trinajstić information content (AvgIpc) is 3.11. The molecule has 0 radical (unpaired) electrons. The number of hydrogen-bond acceptors (Lipinski definition) is 4. The van der Waals surface area contributed by atoms with Crippen molar-refractivity contribution in [2.24, 2.45) is 0 Å². The summed E-state index contributed by atoms with van der Waals surface area (Å²) in [5, 5.41) is 11.2. The number of aryl methyl sites for hydroxylation is 1. The van der Waals surface area contributed by atoms with E-state index in [9.17, 15) is 4.79 Å². The van der Waals surface area contributed by atoms with Crippen LogP contribution >= 0.6 is 0 Å². The van der Waals surface area contributed by atoms with E-state index in [0.717, 1.165) is 16.7 Å². The summed E-state index contributed by atoms with van der Waals surface area (Å²) in [6.07, 6.45) is 3.54. The maximum atomic E-state index is 12.4. The number of hydrogen-bond donors (Lipinski definition) is 1. The molecule has 0 saturated heterocycles. The first kappa shape index (κ1) is 16.0. The fourth-order valence-electron chi connectivity index (χ4n) is 2.80. The molecular weight excluding hydrogens is 326 g/mol. The molecule has 26 heavy (non-hydrogen) atoms. The second-order valence-electron chi connectivity index (χ2n) is 6.00. The summed E-state index contributed by atoms with van der Waals surface area (Å²) >= 11 is 0. The first-order chi connectivity index (χ1) is 12.7. The van der Waals surface area contributed by atoms with Crippen molar-refractivity contribution in [2.45, 2.75) is 13.5 Å². The van der Waals surface area contributed by atoms with Crippen molar-refractivity contribution in [1.29, 1.82) is 0 Å². The van der Waals surface area contributed by atoms with Crippen LogP contribution in [0.4, 0.5) is 0 Å². The molecule has 0 aliphatic carbocycles. The van der Waals surface area contributed by atoms with E-state index in [0.29, 0.717) is 23.7 Å². The predicted molar refractivity (Wildman–Crippen MR) is 98.6 cm³/mol. The molecule has 0 unspecified atom stereocenters. The minimum Gasteiger partial charge on any atom is -0.348 e. The van der Waals surface area contributed by atoms with E-state index in [-0.39, 0.29) is 5.91 Å². The monoisotopic (exact) mass is 343 g/mol. The van der Waals surface area contributed by atoms with Gasteiger partial charge in [-0.25, -0.2) is 4.98 Å². The van der Waals surface area contributed by atoms with Crippen molar-refractivity contribution in [3.8, 4) is 11.4 Å². The van der Waals surface area contributed by atoms with Gasteiger partial charge in [-0.2, -0.15) is 0 Å². The number of benzene rings is 2. The molecule has 0 aliphatic rings. The number of rotatable bonds is 4. The Labute approximate surface area is 150 Å². The topological polar surface area (TPSA) is 72.2 Å². The summed E-state index contributed by atoms with van der Waals surface area (Å²) in [5.41, 5.74) is 3.76. The zero-order valence-corrected chi connectivity index (χ0v) is 14.3. The number of aromatic nitrogens is 4. The molecule has 6 heteroatoms. The van der Waals surface area contributed by atoms with Gasteiger partial charge < -0.3 is 5.32 Å². The molecule has 1 N–H and O–H groups in total. The first-order valence-electron chi connectivity index (χ1n) is 8.31. The van der Waals surface area contributed by atoms with Gasteiger partial charge in [-0.05, 0) is 36.2 Å². The fourth-order valence-corrected chi connectivity index (χ4v) is 2.80. The highest BCUT2D eigenvalue weighted by atomic mass is 16.1. The standard InChI is InChI=1S/C20H17N5O/c1-14-5-2-3-6-17(14)13-22-19(26)16-9-7-15(8-10-16)18-23-24-20-21-11-4-12-25(18)20/h2-12H,13H2,1H3,(H,22,26). The number of fused-ring (bicyclic) bond motifs is 1. The number of carbonyl (C=O) groups excluding carboxylic acids is 1. The van der Waals surface area contributed by atoms with Crippen molar-refractivity contribution in [2.75, 3.05) is 0 Å². The van der Waals surface area contributed by atoms with E-state index in [1.165, 1.54) is 0 Å². The van der Waals surface area contributed by atoms with Gasteiger partial charge in [0, 0.05) is 30.1 Å². The molecule has 0 bridgehead atoms. The molecule has 0 fully saturated rings. The molecule has 0 saturated carbocycles. The molecule has 0 aliphatic heterocycles. The Hall–Kier alpha value is -3.54. The summed E-state index contributed by atoms with van der Waals surface area (Å²) in [6, 6.07) is 17.2. The highest BCUT2D eigenvalue weighted by Gasteiger charge is 2.10. The minimum atomic E-state index is -0.104. The van der Waals surface area contributed by atoms with Crippen LogP contribution in [0.3, 0.4) is 0 Å². The summed E-state index contributed by atoms with van der Waals surface area (Å²) < 4.78 is 1.81. The number of carbonyl (C=O) groups is 1. The summed E-state index contributed by atoms with van der Waals surface area (Å²) in [6.45, 7) is 2.54. The molecule has 4 aromatic rings. The second-order valence-corrected chi connectivity index (χ2v) is 6.00. The van der Waals surface area contributed by atoms with Gasteiger partial charge >= 0.3 is 0 Å². The lowest BCUT2D eigenvalue weighted by Gasteiger charge is -2.08. The Morgan fingerprint density at radius 1 is 1.04 bits per heavy atom. The van der Waals surface area contributed by atoms with Crippen LogP contribution in [0.1, 0.15) is 21.5 Å². The van der Waals surface area contributed by atoms with Gasteiger partial charge in [0.1, 0.15) is 0 Å². The van der Waals surface area contributed by atoms with Crippen molar-refractivity contribution in [3.05, 3.63) is 83.7 Å². The summed E-state index contributed by atoms with van der Waals surface area (Å²) in [4.78, 5) is 16.5. The lowest BCUT2D eigenvalue weighted by Crippen LogP contribution is -2.23. The third-order valence-corrected chi connectivity index (χ3v) is 4.29. The van der Waals surface area contributed by atoms with Crippen LogP contribution in [0.25, 0.3) is 17.2 Å². The zero-order valence-electron chi connectivity index (χ0n) is 14.3. The normalized spacial score (nSPS) is 10.8. The average molecular weight is 343 g/mol. The largest absolute Gasteiger partial charge is 0.348 e. The quantitative estimate of drug-likeness (QED) is 0.618. The van der Waals surface area contributed by atoms with E-state index < -0.39 is 0 Å². The van der Waals surface area contributed by atoms with Crippen molar-refractivity contribution in [1.82, 2.24) is 24.9 Å². The van der Waals surface area contributed by atoms with Gasteiger partial charge in [-0.15, -0.1) is 10.2 Å². The highest BCUT2D eigenvalue weighted by Crippen LogP contribution is 2.18. The Morgan fingerprint density at radius 2 is 1.85 bits per heavy atom. The van der Waals surface area contributed by atoms with Crippen LogP contribution in [-0.4, -0.2) is 25.5 Å². The van der Waals surface area contributed by atoms with E-state index >= 15 is 0 Å². The molecule has 2 aromatic heterocycles. The zero-order chi connectivity index (χ0) is 17.9. The Kier molecular flexibility index (Phi) is 4.15. The van der Waals surface area contributed by atoms with Gasteiger partial charge in [0.15, 0.2) is 5.82 Å². The molecule has 0 atom stereocenters. The molecule has 2 heterocycles. The smallest absolute Gasteiger partial charge is 0.255 e. The number of nitrogens with zero attached hydrogens (tertiary/aromatic N) is 4. The Morgan fingerprint density at radius 3 is 2.65 bits per heavy atom. The van der Waals surface area contributed by atoms with Crippen LogP contribution in [0, 0.1) is 6.92 Å². The SMILES string of the molecule is Cc1ccccc1CNC(=O)c1ccc(-c2nnc3ncccn23)cc1. The molecule has 0 spiro atoms. The van der Waals surface area contributed by atoms with Crippen LogP contribution in [0.15, 0.2) is 67.0 Å². The second kappa shape index (κ2) is 6.76. The van der Waals surface area contributed by atoms with Crippen molar-refractivity contribution < 1.29 is 4.79 Å². The number of amides is 1. The van der Waals surface area contributed by atoms with E-state index in [4.69, 9.17) is 0 Å². The molecule has 2 aromatic carbocycles.